The van der Waals surface area contributed by atoms with Gasteiger partial charge in [-0.2, -0.15) is 5.10 Å². The van der Waals surface area contributed by atoms with Gasteiger partial charge in [-0.1, -0.05) is 11.6 Å². The van der Waals surface area contributed by atoms with Crippen molar-refractivity contribution in [1.29, 1.82) is 0 Å². The smallest absolute Gasteiger partial charge is 0.348 e. The summed E-state index contributed by atoms with van der Waals surface area (Å²) in [5.41, 5.74) is 1.48. The summed E-state index contributed by atoms with van der Waals surface area (Å²) in [6.07, 6.45) is 1.59. The molecule has 0 unspecified atom stereocenters. The molecular formula is C23H24ClN3O6S. The number of carbonyl (C=O) groups is 3. The number of halogens is 1. The van der Waals surface area contributed by atoms with Crippen molar-refractivity contribution in [3.8, 4) is 5.75 Å². The number of benzene rings is 1. The Hall–Kier alpha value is -3.37. The molecule has 0 bridgehead atoms. The molecule has 2 heterocycles. The molecule has 1 N–H and O–H groups in total. The van der Waals surface area contributed by atoms with E-state index in [1.54, 1.807) is 45.2 Å². The van der Waals surface area contributed by atoms with Gasteiger partial charge in [-0.15, -0.1) is 11.3 Å². The summed E-state index contributed by atoms with van der Waals surface area (Å²) in [5, 5.41) is 7.69. The van der Waals surface area contributed by atoms with Gasteiger partial charge in [0, 0.05) is 11.2 Å². The first kappa shape index (κ1) is 25.3. The molecule has 3 rings (SSSR count). The van der Waals surface area contributed by atoms with Gasteiger partial charge >= 0.3 is 11.9 Å². The number of aryl methyl sites for hydroxylation is 1. The van der Waals surface area contributed by atoms with Gasteiger partial charge in [0.2, 0.25) is 0 Å². The van der Waals surface area contributed by atoms with Crippen LogP contribution in [0.2, 0.25) is 5.02 Å². The molecule has 9 nitrogen and oxygen atoms in total. The second-order valence-electron chi connectivity index (χ2n) is 7.08. The Morgan fingerprint density at radius 3 is 2.47 bits per heavy atom. The molecule has 0 aliphatic heterocycles. The first-order chi connectivity index (χ1) is 16.2. The lowest BCUT2D eigenvalue weighted by atomic mass is 10.1. The maximum absolute atomic E-state index is 12.8. The van der Waals surface area contributed by atoms with Gasteiger partial charge in [-0.05, 0) is 63.1 Å². The zero-order valence-corrected chi connectivity index (χ0v) is 20.7. The first-order valence-corrected chi connectivity index (χ1v) is 11.7. The van der Waals surface area contributed by atoms with E-state index in [1.165, 1.54) is 10.7 Å². The van der Waals surface area contributed by atoms with Crippen LogP contribution in [0.25, 0.3) is 0 Å². The Morgan fingerprint density at radius 2 is 1.79 bits per heavy atom. The molecule has 1 aromatic carbocycles. The number of nitrogens with zero attached hydrogens (tertiary/aromatic N) is 2. The fourth-order valence-electron chi connectivity index (χ4n) is 3.07. The third-order valence-electron chi connectivity index (χ3n) is 4.68. The van der Waals surface area contributed by atoms with Crippen LogP contribution in [0, 0.1) is 13.8 Å². The number of carbonyl (C=O) groups excluding carboxylic acids is 3. The molecular weight excluding hydrogens is 482 g/mol. The molecule has 0 aliphatic rings. The Balaban J connectivity index is 1.77. The molecule has 0 fully saturated rings. The van der Waals surface area contributed by atoms with Crippen molar-refractivity contribution < 1.29 is 28.6 Å². The summed E-state index contributed by atoms with van der Waals surface area (Å²) in [5.74, 6) is -1.12. The second kappa shape index (κ2) is 11.2. The third-order valence-corrected chi connectivity index (χ3v) is 6.10. The lowest BCUT2D eigenvalue weighted by Crippen LogP contribution is -2.16. The van der Waals surface area contributed by atoms with Gasteiger partial charge in [0.05, 0.1) is 18.8 Å². The molecule has 0 atom stereocenters. The number of ether oxygens (including phenoxy) is 3. The maximum atomic E-state index is 12.8. The van der Waals surface area contributed by atoms with Crippen molar-refractivity contribution in [1.82, 2.24) is 9.78 Å². The Morgan fingerprint density at radius 1 is 1.09 bits per heavy atom. The highest BCUT2D eigenvalue weighted by Crippen LogP contribution is 2.34. The molecule has 2 aromatic heterocycles. The predicted octanol–water partition coefficient (Wildman–Crippen LogP) is 4.86. The van der Waals surface area contributed by atoms with Gasteiger partial charge in [0.1, 0.15) is 15.6 Å². The Kier molecular flexibility index (Phi) is 8.30. The van der Waals surface area contributed by atoms with Crippen LogP contribution in [0.4, 0.5) is 5.00 Å². The van der Waals surface area contributed by atoms with Crippen molar-refractivity contribution in [2.75, 3.05) is 18.5 Å². The number of nitrogens with one attached hydrogen (secondary N) is 1. The lowest BCUT2D eigenvalue weighted by Gasteiger charge is -2.09. The van der Waals surface area contributed by atoms with E-state index < -0.39 is 17.8 Å². The van der Waals surface area contributed by atoms with Crippen LogP contribution in [0.15, 0.2) is 30.5 Å². The third kappa shape index (κ3) is 5.75. The van der Waals surface area contributed by atoms with E-state index in [2.05, 4.69) is 10.4 Å². The maximum Gasteiger partial charge on any atom is 0.348 e. The monoisotopic (exact) mass is 505 g/mol. The van der Waals surface area contributed by atoms with Crippen LogP contribution < -0.4 is 10.1 Å². The quantitative estimate of drug-likeness (QED) is 0.414. The van der Waals surface area contributed by atoms with E-state index in [1.807, 2.05) is 6.92 Å². The normalized spacial score (nSPS) is 10.6. The van der Waals surface area contributed by atoms with E-state index >= 15 is 0 Å². The molecule has 3 aromatic rings. The minimum Gasteiger partial charge on any atom is -0.471 e. The summed E-state index contributed by atoms with van der Waals surface area (Å²) < 4.78 is 17.4. The zero-order chi connectivity index (χ0) is 24.8. The van der Waals surface area contributed by atoms with Crippen LogP contribution in [-0.4, -0.2) is 40.8 Å². The van der Waals surface area contributed by atoms with E-state index in [0.717, 1.165) is 16.9 Å². The van der Waals surface area contributed by atoms with Crippen molar-refractivity contribution in [3.63, 3.8) is 0 Å². The average Bonchev–Trinajstić information content (AvgIpc) is 3.38. The molecule has 0 saturated carbocycles. The van der Waals surface area contributed by atoms with E-state index in [-0.39, 0.29) is 41.1 Å². The fourth-order valence-corrected chi connectivity index (χ4v) is 4.38. The molecule has 1 amide bonds. The average molecular weight is 506 g/mol. The van der Waals surface area contributed by atoms with E-state index in [9.17, 15) is 14.4 Å². The number of hydrogen-bond acceptors (Lipinski definition) is 8. The van der Waals surface area contributed by atoms with Crippen molar-refractivity contribution in [2.45, 2.75) is 34.4 Å². The zero-order valence-electron chi connectivity index (χ0n) is 19.1. The lowest BCUT2D eigenvalue weighted by molar-refractivity contribution is 0.0527. The van der Waals surface area contributed by atoms with E-state index in [0.29, 0.717) is 16.3 Å². The molecule has 0 saturated heterocycles. The minimum atomic E-state index is -0.639. The van der Waals surface area contributed by atoms with Crippen LogP contribution in [0.3, 0.4) is 0 Å². The van der Waals surface area contributed by atoms with Crippen molar-refractivity contribution in [2.24, 2.45) is 0 Å². The summed E-state index contributed by atoms with van der Waals surface area (Å²) in [6.45, 7) is 7.24. The number of esters is 2. The van der Waals surface area contributed by atoms with Gasteiger partial charge in [0.15, 0.2) is 12.4 Å². The standard InChI is InChI=1S/C23H24ClN3O6S/c1-5-31-22(29)18-14(4)19(23(30)32-6-2)34-21(18)25-20(28)16-9-10-27(26-16)12-33-17-8-7-15(24)11-13(17)3/h7-11H,5-6,12H2,1-4H3,(H,25,28). The number of hydrogen-bond donors (Lipinski definition) is 1. The number of amides is 1. The fraction of sp³-hybridized carbons (Fsp3) is 0.304. The van der Waals surface area contributed by atoms with Gasteiger partial charge < -0.3 is 19.5 Å². The SMILES string of the molecule is CCOC(=O)c1sc(NC(=O)c2ccn(COc3ccc(Cl)cc3C)n2)c(C(=O)OCC)c1C. The second-order valence-corrected chi connectivity index (χ2v) is 8.54. The number of thiophene rings is 1. The Bertz CT molecular complexity index is 1220. The van der Waals surface area contributed by atoms with Crippen molar-refractivity contribution >= 4 is 45.8 Å². The van der Waals surface area contributed by atoms with Gasteiger partial charge in [-0.25, -0.2) is 14.3 Å². The highest BCUT2D eigenvalue weighted by atomic mass is 35.5. The highest BCUT2D eigenvalue weighted by Gasteiger charge is 2.28. The minimum absolute atomic E-state index is 0.0783. The largest absolute Gasteiger partial charge is 0.471 e. The number of rotatable bonds is 9. The molecule has 34 heavy (non-hydrogen) atoms. The van der Waals surface area contributed by atoms with Gasteiger partial charge in [0.25, 0.3) is 5.91 Å². The summed E-state index contributed by atoms with van der Waals surface area (Å²) in [4.78, 5) is 37.9. The van der Waals surface area contributed by atoms with Crippen LogP contribution in [0.5, 0.6) is 5.75 Å². The molecule has 11 heteroatoms. The number of anilines is 1. The van der Waals surface area contributed by atoms with E-state index in [4.69, 9.17) is 25.8 Å². The molecule has 0 spiro atoms. The summed E-state index contributed by atoms with van der Waals surface area (Å²) in [6, 6.07) is 6.78. The summed E-state index contributed by atoms with van der Waals surface area (Å²) >= 11 is 6.91. The highest BCUT2D eigenvalue weighted by molar-refractivity contribution is 7.18. The van der Waals surface area contributed by atoms with Crippen LogP contribution >= 0.6 is 22.9 Å². The predicted molar refractivity (Wildman–Crippen MR) is 128 cm³/mol. The van der Waals surface area contributed by atoms with Crippen LogP contribution in [-0.2, 0) is 16.2 Å². The number of aromatic nitrogens is 2. The topological polar surface area (TPSA) is 109 Å². The summed E-state index contributed by atoms with van der Waals surface area (Å²) in [7, 11) is 0. The molecule has 0 aliphatic carbocycles. The first-order valence-electron chi connectivity index (χ1n) is 10.5. The molecule has 0 radical (unpaired) electrons. The van der Waals surface area contributed by atoms with Crippen molar-refractivity contribution in [3.05, 3.63) is 62.7 Å². The van der Waals surface area contributed by atoms with Crippen LogP contribution in [0.1, 0.15) is 55.5 Å². The Labute approximate surface area is 205 Å². The molecule has 180 valence electrons. The van der Waals surface area contributed by atoms with Gasteiger partial charge in [-0.3, -0.25) is 4.79 Å².